The van der Waals surface area contributed by atoms with E-state index in [0.29, 0.717) is 11.5 Å². The monoisotopic (exact) mass is 205 g/mol. The van der Waals surface area contributed by atoms with Crippen molar-refractivity contribution in [2.45, 2.75) is 26.2 Å². The lowest BCUT2D eigenvalue weighted by molar-refractivity contribution is -0.114. The van der Waals surface area contributed by atoms with Crippen molar-refractivity contribution in [3.8, 4) is 0 Å². The van der Waals surface area contributed by atoms with E-state index in [1.54, 1.807) is 12.1 Å². The summed E-state index contributed by atoms with van der Waals surface area (Å²) in [6.45, 7) is 4.22. The van der Waals surface area contributed by atoms with Crippen molar-refractivity contribution in [2.75, 3.05) is 0 Å². The number of primary amides is 1. The lowest BCUT2D eigenvalue weighted by Crippen LogP contribution is -2.22. The van der Waals surface area contributed by atoms with Gasteiger partial charge in [-0.25, -0.2) is 0 Å². The first kappa shape index (κ1) is 11.4. The highest BCUT2D eigenvalue weighted by Gasteiger charge is 2.12. The van der Waals surface area contributed by atoms with Crippen LogP contribution in [0, 0.1) is 0 Å². The van der Waals surface area contributed by atoms with Gasteiger partial charge in [-0.05, 0) is 17.9 Å². The first-order valence-corrected chi connectivity index (χ1v) is 5.00. The lowest BCUT2D eigenvalue weighted by atomic mass is 9.97. The molecule has 0 radical (unpaired) electrons. The molecule has 0 aliphatic carbocycles. The van der Waals surface area contributed by atoms with E-state index < -0.39 is 11.7 Å². The molecule has 1 rings (SSSR count). The Morgan fingerprint density at radius 3 is 2.20 bits per heavy atom. The molecule has 0 saturated carbocycles. The highest BCUT2D eigenvalue weighted by molar-refractivity contribution is 6.42. The average Bonchev–Trinajstić information content (AvgIpc) is 2.27. The first-order chi connectivity index (χ1) is 7.06. The van der Waals surface area contributed by atoms with Crippen LogP contribution in [0.4, 0.5) is 0 Å². The fourth-order valence-electron chi connectivity index (χ4n) is 1.34. The lowest BCUT2D eigenvalue weighted by Gasteiger charge is -2.08. The van der Waals surface area contributed by atoms with Gasteiger partial charge in [0.15, 0.2) is 0 Å². The summed E-state index contributed by atoms with van der Waals surface area (Å²) in [7, 11) is 0. The minimum absolute atomic E-state index is 0.356. The Labute approximate surface area is 89.3 Å². The van der Waals surface area contributed by atoms with Gasteiger partial charge in [0.2, 0.25) is 5.78 Å². The topological polar surface area (TPSA) is 60.2 Å². The average molecular weight is 205 g/mol. The van der Waals surface area contributed by atoms with E-state index in [1.165, 1.54) is 5.56 Å². The molecule has 1 aromatic carbocycles. The number of hydrogen-bond donors (Lipinski definition) is 1. The van der Waals surface area contributed by atoms with Crippen LogP contribution in [0.5, 0.6) is 0 Å². The van der Waals surface area contributed by atoms with Crippen LogP contribution in [0.25, 0.3) is 0 Å². The van der Waals surface area contributed by atoms with Gasteiger partial charge in [-0.2, -0.15) is 0 Å². The van der Waals surface area contributed by atoms with Crippen molar-refractivity contribution in [3.05, 3.63) is 35.4 Å². The number of rotatable bonds is 4. The van der Waals surface area contributed by atoms with Gasteiger partial charge in [0.25, 0.3) is 5.91 Å². The van der Waals surface area contributed by atoms with Gasteiger partial charge in [-0.3, -0.25) is 9.59 Å². The maximum atomic E-state index is 11.2. The van der Waals surface area contributed by atoms with E-state index in [2.05, 4.69) is 13.8 Å². The summed E-state index contributed by atoms with van der Waals surface area (Å²) in [6, 6.07) is 7.03. The highest BCUT2D eigenvalue weighted by Crippen LogP contribution is 2.18. The quantitative estimate of drug-likeness (QED) is 0.602. The third-order valence-electron chi connectivity index (χ3n) is 2.58. The first-order valence-electron chi connectivity index (χ1n) is 5.00. The molecule has 2 N–H and O–H groups in total. The molecule has 3 heteroatoms. The van der Waals surface area contributed by atoms with Crippen molar-refractivity contribution >= 4 is 11.7 Å². The van der Waals surface area contributed by atoms with Gasteiger partial charge in [-0.15, -0.1) is 0 Å². The standard InChI is InChI=1S/C12H15NO2/c1-3-8(2)9-4-6-10(7-5-9)11(14)12(13)15/h4-8H,3H2,1-2H3,(H2,13,15). The zero-order valence-corrected chi connectivity index (χ0v) is 8.99. The Morgan fingerprint density at radius 1 is 1.27 bits per heavy atom. The molecule has 3 nitrogen and oxygen atoms in total. The number of amides is 1. The third kappa shape index (κ3) is 2.65. The van der Waals surface area contributed by atoms with Crippen molar-refractivity contribution in [3.63, 3.8) is 0 Å². The van der Waals surface area contributed by atoms with E-state index in [0.717, 1.165) is 6.42 Å². The molecular formula is C12H15NO2. The minimum Gasteiger partial charge on any atom is -0.363 e. The molecule has 0 aliphatic heterocycles. The molecular weight excluding hydrogens is 190 g/mol. The molecule has 1 aromatic rings. The van der Waals surface area contributed by atoms with Crippen molar-refractivity contribution < 1.29 is 9.59 Å². The smallest absolute Gasteiger partial charge is 0.289 e. The van der Waals surface area contributed by atoms with Crippen LogP contribution in [-0.4, -0.2) is 11.7 Å². The molecule has 0 spiro atoms. The van der Waals surface area contributed by atoms with E-state index in [9.17, 15) is 9.59 Å². The molecule has 0 fully saturated rings. The predicted molar refractivity (Wildman–Crippen MR) is 58.7 cm³/mol. The summed E-state index contributed by atoms with van der Waals surface area (Å²) >= 11 is 0. The normalized spacial score (nSPS) is 12.1. The Hall–Kier alpha value is -1.64. The van der Waals surface area contributed by atoms with Crippen LogP contribution in [0.3, 0.4) is 0 Å². The molecule has 0 bridgehead atoms. The summed E-state index contributed by atoms with van der Waals surface area (Å²) in [6.07, 6.45) is 1.04. The van der Waals surface area contributed by atoms with Crippen molar-refractivity contribution in [1.29, 1.82) is 0 Å². The Bertz CT molecular complexity index is 368. The molecule has 0 heterocycles. The Morgan fingerprint density at radius 2 is 1.80 bits per heavy atom. The van der Waals surface area contributed by atoms with Gasteiger partial charge in [0.1, 0.15) is 0 Å². The van der Waals surface area contributed by atoms with Crippen LogP contribution in [0.2, 0.25) is 0 Å². The molecule has 1 amide bonds. The van der Waals surface area contributed by atoms with Crippen LogP contribution in [0.1, 0.15) is 42.1 Å². The molecule has 0 aliphatic rings. The van der Waals surface area contributed by atoms with E-state index in [-0.39, 0.29) is 0 Å². The minimum atomic E-state index is -0.911. The highest BCUT2D eigenvalue weighted by atomic mass is 16.2. The number of carbonyl (C=O) groups excluding carboxylic acids is 2. The van der Waals surface area contributed by atoms with E-state index >= 15 is 0 Å². The second-order valence-electron chi connectivity index (χ2n) is 3.62. The number of nitrogens with two attached hydrogens (primary N) is 1. The van der Waals surface area contributed by atoms with Crippen molar-refractivity contribution in [1.82, 2.24) is 0 Å². The Balaban J connectivity index is 2.90. The molecule has 0 saturated heterocycles. The second kappa shape index (κ2) is 4.73. The van der Waals surface area contributed by atoms with Gasteiger partial charge in [0.05, 0.1) is 0 Å². The fraction of sp³-hybridized carbons (Fsp3) is 0.333. The number of carbonyl (C=O) groups is 2. The van der Waals surface area contributed by atoms with Crippen LogP contribution >= 0.6 is 0 Å². The van der Waals surface area contributed by atoms with Crippen LogP contribution in [-0.2, 0) is 4.79 Å². The summed E-state index contributed by atoms with van der Waals surface area (Å²) < 4.78 is 0. The Kier molecular flexibility index (Phi) is 3.61. The third-order valence-corrected chi connectivity index (χ3v) is 2.58. The zero-order valence-electron chi connectivity index (χ0n) is 8.99. The number of hydrogen-bond acceptors (Lipinski definition) is 2. The van der Waals surface area contributed by atoms with Gasteiger partial charge >= 0.3 is 0 Å². The molecule has 0 aromatic heterocycles. The summed E-state index contributed by atoms with van der Waals surface area (Å²) in [4.78, 5) is 21.9. The summed E-state index contributed by atoms with van der Waals surface area (Å²) in [5, 5.41) is 0. The predicted octanol–water partition coefficient (Wildman–Crippen LogP) is 1.87. The second-order valence-corrected chi connectivity index (χ2v) is 3.62. The summed E-state index contributed by atoms with van der Waals surface area (Å²) in [5.74, 6) is -1.08. The number of Topliss-reactive ketones (excluding diaryl/α,β-unsaturated/α-hetero) is 1. The van der Waals surface area contributed by atoms with Gasteiger partial charge < -0.3 is 5.73 Å². The largest absolute Gasteiger partial charge is 0.363 e. The van der Waals surface area contributed by atoms with E-state index in [1.807, 2.05) is 12.1 Å². The van der Waals surface area contributed by atoms with Gasteiger partial charge in [0, 0.05) is 5.56 Å². The van der Waals surface area contributed by atoms with Crippen LogP contribution < -0.4 is 5.73 Å². The van der Waals surface area contributed by atoms with Crippen LogP contribution in [0.15, 0.2) is 24.3 Å². The molecule has 80 valence electrons. The molecule has 1 atom stereocenters. The number of benzene rings is 1. The van der Waals surface area contributed by atoms with Gasteiger partial charge in [-0.1, -0.05) is 38.1 Å². The maximum Gasteiger partial charge on any atom is 0.289 e. The zero-order chi connectivity index (χ0) is 11.4. The summed E-state index contributed by atoms with van der Waals surface area (Å²) in [5.41, 5.74) is 6.42. The fourth-order valence-corrected chi connectivity index (χ4v) is 1.34. The molecule has 1 unspecified atom stereocenters. The maximum absolute atomic E-state index is 11.2. The van der Waals surface area contributed by atoms with E-state index in [4.69, 9.17) is 5.73 Å². The molecule has 15 heavy (non-hydrogen) atoms. The SMILES string of the molecule is CCC(C)c1ccc(C(=O)C(N)=O)cc1. The number of ketones is 1. The van der Waals surface area contributed by atoms with Crippen molar-refractivity contribution in [2.24, 2.45) is 5.73 Å².